The molecule has 7 heteroatoms. The van der Waals surface area contributed by atoms with Gasteiger partial charge in [-0.1, -0.05) is 18.9 Å². The van der Waals surface area contributed by atoms with Crippen molar-refractivity contribution in [3.8, 4) is 0 Å². The normalized spacial score (nSPS) is 32.3. The van der Waals surface area contributed by atoms with Crippen LogP contribution in [0.3, 0.4) is 0 Å². The summed E-state index contributed by atoms with van der Waals surface area (Å²) in [5.74, 6) is -1.24. The maximum absolute atomic E-state index is 15.7. The minimum Gasteiger partial charge on any atom is -0.322 e. The van der Waals surface area contributed by atoms with Crippen molar-refractivity contribution in [2.75, 3.05) is 0 Å². The minimum atomic E-state index is -0.738. The van der Waals surface area contributed by atoms with Gasteiger partial charge in [-0.05, 0) is 74.3 Å². The second kappa shape index (κ2) is 7.90. The van der Waals surface area contributed by atoms with Crippen molar-refractivity contribution in [3.63, 3.8) is 0 Å². The molecule has 6 rings (SSSR count). The Balaban J connectivity index is 1.17. The van der Waals surface area contributed by atoms with Gasteiger partial charge in [0.1, 0.15) is 11.9 Å². The molecular formula is C26H32FN3O3. The van der Waals surface area contributed by atoms with E-state index in [9.17, 15) is 14.4 Å². The fourth-order valence-corrected chi connectivity index (χ4v) is 6.48. The third-order valence-electron chi connectivity index (χ3n) is 8.64. The van der Waals surface area contributed by atoms with Gasteiger partial charge >= 0.3 is 0 Å². The average Bonchev–Trinajstić information content (AvgIpc) is 3.47. The average molecular weight is 455 g/mol. The Labute approximate surface area is 195 Å². The van der Waals surface area contributed by atoms with Crippen LogP contribution in [0, 0.1) is 17.2 Å². The molecule has 2 heterocycles. The highest BCUT2D eigenvalue weighted by Gasteiger charge is 2.53. The number of carbonyl (C=O) groups excluding carboxylic acids is 3. The maximum Gasteiger partial charge on any atom is 0.255 e. The van der Waals surface area contributed by atoms with Gasteiger partial charge in [-0.25, -0.2) is 4.39 Å². The van der Waals surface area contributed by atoms with Crippen LogP contribution in [0.2, 0.25) is 0 Å². The van der Waals surface area contributed by atoms with Gasteiger partial charge in [0.25, 0.3) is 5.91 Å². The number of halogens is 1. The van der Waals surface area contributed by atoms with Crippen molar-refractivity contribution < 1.29 is 20.1 Å². The zero-order valence-corrected chi connectivity index (χ0v) is 18.9. The molecule has 6 nitrogen and oxygen atoms in total. The molecule has 3 aliphatic carbocycles. The summed E-state index contributed by atoms with van der Waals surface area (Å²) in [4.78, 5) is 38.1. The molecule has 0 bridgehead atoms. The minimum absolute atomic E-state index is 0.0599. The zero-order valence-electron chi connectivity index (χ0n) is 19.9. The Kier molecular flexibility index (Phi) is 4.81. The molecule has 3 saturated carbocycles. The van der Waals surface area contributed by atoms with Crippen molar-refractivity contribution in [1.29, 1.82) is 0 Å². The number of carbonyl (C=O) groups is 3. The number of amides is 3. The lowest BCUT2D eigenvalue weighted by Gasteiger charge is -2.42. The van der Waals surface area contributed by atoms with Crippen LogP contribution in [0.4, 0.5) is 4.39 Å². The van der Waals surface area contributed by atoms with E-state index < -0.39 is 18.0 Å². The second-order valence-corrected chi connectivity index (χ2v) is 10.9. The summed E-state index contributed by atoms with van der Waals surface area (Å²) in [6.45, 7) is 0.0599. The lowest BCUT2D eigenvalue weighted by molar-refractivity contribution is -0.136. The number of rotatable bonds is 5. The first-order valence-electron chi connectivity index (χ1n) is 13.0. The van der Waals surface area contributed by atoms with Gasteiger partial charge < -0.3 is 10.2 Å². The first-order valence-corrected chi connectivity index (χ1v) is 12.5. The van der Waals surface area contributed by atoms with E-state index in [1.54, 1.807) is 12.1 Å². The van der Waals surface area contributed by atoms with Crippen molar-refractivity contribution in [1.82, 2.24) is 15.5 Å². The van der Waals surface area contributed by atoms with Gasteiger partial charge in [0, 0.05) is 31.0 Å². The van der Waals surface area contributed by atoms with Crippen molar-refractivity contribution >= 4 is 17.7 Å². The molecule has 33 heavy (non-hydrogen) atoms. The van der Waals surface area contributed by atoms with Crippen LogP contribution in [-0.2, 0) is 22.6 Å². The quantitative estimate of drug-likeness (QED) is 0.670. The molecule has 3 amide bonds. The number of piperidine rings is 1. The van der Waals surface area contributed by atoms with E-state index in [0.29, 0.717) is 28.5 Å². The summed E-state index contributed by atoms with van der Waals surface area (Å²) >= 11 is 0. The van der Waals surface area contributed by atoms with E-state index in [1.165, 1.54) is 17.7 Å². The lowest BCUT2D eigenvalue weighted by Crippen LogP contribution is -2.52. The Hall–Kier alpha value is -2.28. The predicted octanol–water partition coefficient (Wildman–Crippen LogP) is 3.22. The number of imide groups is 1. The van der Waals surface area contributed by atoms with Crippen LogP contribution in [0.15, 0.2) is 12.1 Å². The van der Waals surface area contributed by atoms with Crippen LogP contribution in [0.5, 0.6) is 0 Å². The number of hydrogen-bond donors (Lipinski definition) is 2. The number of benzene rings is 1. The molecule has 0 radical (unpaired) electrons. The van der Waals surface area contributed by atoms with Crippen LogP contribution >= 0.6 is 0 Å². The Bertz CT molecular complexity index is 1060. The largest absolute Gasteiger partial charge is 0.322 e. The molecule has 1 saturated heterocycles. The SMILES string of the molecule is [2H]C1(N[C@H]2CCCC[C@@H]2Cc2ccc3c(c2F)CN(C2CCC(=O)NC2=O)C3=O)CC2(CC2)C1. The fourth-order valence-electron chi connectivity index (χ4n) is 6.48. The van der Waals surface area contributed by atoms with E-state index in [0.717, 1.165) is 38.5 Å². The lowest BCUT2D eigenvalue weighted by atomic mass is 9.74. The maximum atomic E-state index is 15.7. The van der Waals surface area contributed by atoms with Crippen molar-refractivity contribution in [2.45, 2.75) is 95.3 Å². The molecule has 3 atom stereocenters. The number of nitrogens with one attached hydrogen (secondary N) is 2. The van der Waals surface area contributed by atoms with Crippen molar-refractivity contribution in [2.24, 2.45) is 11.3 Å². The predicted molar refractivity (Wildman–Crippen MR) is 120 cm³/mol. The van der Waals surface area contributed by atoms with Crippen molar-refractivity contribution in [3.05, 3.63) is 34.6 Å². The van der Waals surface area contributed by atoms with Crippen LogP contribution in [0.25, 0.3) is 0 Å². The molecule has 1 spiro atoms. The van der Waals surface area contributed by atoms with E-state index in [2.05, 4.69) is 10.6 Å². The molecule has 0 aromatic heterocycles. The monoisotopic (exact) mass is 454 g/mol. The van der Waals surface area contributed by atoms with Gasteiger partial charge in [0.15, 0.2) is 0 Å². The molecule has 1 unspecified atom stereocenters. The molecule has 2 N–H and O–H groups in total. The van der Waals surface area contributed by atoms with E-state index in [-0.39, 0.29) is 49.0 Å². The standard InChI is InChI=1S/C26H32FN3O3/c27-23-16(11-15-3-1-2-4-20(15)28-17-12-26(13-17)9-10-26)5-6-18-19(23)14-30(25(18)33)21-7-8-22(31)29-24(21)32/h5-6,15,17,20-21,28H,1-4,7-14H2,(H,29,31,32)/t15-,20+,21?/m1/s1/i17D. The molecular weight excluding hydrogens is 421 g/mol. The van der Waals surface area contributed by atoms with E-state index >= 15 is 4.39 Å². The fraction of sp³-hybridized carbons (Fsp3) is 0.654. The smallest absolute Gasteiger partial charge is 0.255 e. The Morgan fingerprint density at radius 1 is 1.15 bits per heavy atom. The van der Waals surface area contributed by atoms with Gasteiger partial charge in [-0.3, -0.25) is 19.7 Å². The first-order chi connectivity index (χ1) is 16.3. The molecule has 1 aromatic carbocycles. The van der Waals surface area contributed by atoms with Crippen LogP contribution in [0.1, 0.15) is 87.1 Å². The molecule has 5 aliphatic rings. The highest BCUT2D eigenvalue weighted by atomic mass is 19.1. The van der Waals surface area contributed by atoms with Gasteiger partial charge in [-0.15, -0.1) is 0 Å². The summed E-state index contributed by atoms with van der Waals surface area (Å²) in [6.07, 6.45) is 9.72. The van der Waals surface area contributed by atoms with E-state index in [1.807, 2.05) is 0 Å². The summed E-state index contributed by atoms with van der Waals surface area (Å²) < 4.78 is 24.5. The Morgan fingerprint density at radius 2 is 1.94 bits per heavy atom. The van der Waals surface area contributed by atoms with Gasteiger partial charge in [0.2, 0.25) is 11.8 Å². The van der Waals surface area contributed by atoms with E-state index in [4.69, 9.17) is 1.37 Å². The summed E-state index contributed by atoms with van der Waals surface area (Å²) in [5, 5.41) is 5.93. The molecule has 176 valence electrons. The summed E-state index contributed by atoms with van der Waals surface area (Å²) in [7, 11) is 0. The third-order valence-corrected chi connectivity index (χ3v) is 8.64. The second-order valence-electron chi connectivity index (χ2n) is 10.9. The zero-order chi connectivity index (χ0) is 23.7. The third kappa shape index (κ3) is 3.78. The molecule has 4 fully saturated rings. The number of fused-ring (bicyclic) bond motifs is 1. The highest BCUT2D eigenvalue weighted by molar-refractivity contribution is 6.05. The highest BCUT2D eigenvalue weighted by Crippen LogP contribution is 2.60. The summed E-state index contributed by atoms with van der Waals surface area (Å²) in [5.41, 5.74) is 1.74. The molecule has 2 aliphatic heterocycles. The van der Waals surface area contributed by atoms with Gasteiger partial charge in [0.05, 0.1) is 6.54 Å². The Morgan fingerprint density at radius 3 is 2.70 bits per heavy atom. The number of hydrogen-bond acceptors (Lipinski definition) is 4. The van der Waals surface area contributed by atoms with Crippen LogP contribution < -0.4 is 10.6 Å². The van der Waals surface area contributed by atoms with Crippen LogP contribution in [-0.4, -0.2) is 40.7 Å². The number of nitrogens with zero attached hydrogens (tertiary/aromatic N) is 1. The van der Waals surface area contributed by atoms with Gasteiger partial charge in [-0.2, -0.15) is 0 Å². The first kappa shape index (κ1) is 20.1. The molecule has 1 aromatic rings. The topological polar surface area (TPSA) is 78.5 Å². The summed E-state index contributed by atoms with van der Waals surface area (Å²) in [6, 6.07) is 2.38.